The topological polar surface area (TPSA) is 45.2 Å². The average Bonchev–Trinajstić information content (AvgIpc) is 2.95. The average molecular weight is 357 g/mol. The van der Waals surface area contributed by atoms with Crippen molar-refractivity contribution in [1.82, 2.24) is 9.88 Å². The van der Waals surface area contributed by atoms with E-state index in [4.69, 9.17) is 0 Å². The first kappa shape index (κ1) is 17.3. The molecule has 27 heavy (non-hydrogen) atoms. The van der Waals surface area contributed by atoms with E-state index in [2.05, 4.69) is 48.4 Å². The van der Waals surface area contributed by atoms with Gasteiger partial charge in [-0.3, -0.25) is 9.78 Å². The predicted molar refractivity (Wildman–Crippen MR) is 107 cm³/mol. The third-order valence-corrected chi connectivity index (χ3v) is 4.98. The number of aromatic nitrogens is 1. The van der Waals surface area contributed by atoms with Crippen molar-refractivity contribution >= 4 is 11.6 Å². The molecule has 0 aliphatic carbocycles. The van der Waals surface area contributed by atoms with E-state index in [1.807, 2.05) is 47.4 Å². The molecule has 0 bridgehead atoms. The Morgan fingerprint density at radius 1 is 1.00 bits per heavy atom. The van der Waals surface area contributed by atoms with E-state index in [-0.39, 0.29) is 12.1 Å². The molecule has 0 radical (unpaired) electrons. The summed E-state index contributed by atoms with van der Waals surface area (Å²) in [4.78, 5) is 19.3. The highest BCUT2D eigenvalue weighted by Crippen LogP contribution is 2.34. The van der Waals surface area contributed by atoms with Crippen LogP contribution in [0.3, 0.4) is 0 Å². The Bertz CT molecular complexity index is 935. The van der Waals surface area contributed by atoms with Gasteiger partial charge in [0.15, 0.2) is 0 Å². The fourth-order valence-corrected chi connectivity index (χ4v) is 3.45. The van der Waals surface area contributed by atoms with Crippen LogP contribution in [0.4, 0.5) is 5.69 Å². The van der Waals surface area contributed by atoms with Crippen LogP contribution in [-0.4, -0.2) is 15.8 Å². The number of hydrogen-bond acceptors (Lipinski definition) is 3. The quantitative estimate of drug-likeness (QED) is 0.701. The number of nitrogens with one attached hydrogen (secondary N) is 1. The maximum atomic E-state index is 13.0. The minimum atomic E-state index is -0.279. The molecular formula is C23H23N3O. The van der Waals surface area contributed by atoms with Gasteiger partial charge in [0.25, 0.3) is 5.91 Å². The monoisotopic (exact) mass is 357 g/mol. The van der Waals surface area contributed by atoms with Crippen molar-refractivity contribution in [1.29, 1.82) is 0 Å². The van der Waals surface area contributed by atoms with Crippen molar-refractivity contribution in [3.63, 3.8) is 0 Å². The SMILES string of the molecule is CC(C)c1ccc(NC2c3ncccc3C(=O)N2Cc2ccccc2)cc1. The Morgan fingerprint density at radius 3 is 2.44 bits per heavy atom. The van der Waals surface area contributed by atoms with Crippen molar-refractivity contribution in [2.75, 3.05) is 5.32 Å². The fourth-order valence-electron chi connectivity index (χ4n) is 3.45. The number of fused-ring (bicyclic) bond motifs is 1. The Labute approximate surface area is 159 Å². The Morgan fingerprint density at radius 2 is 1.74 bits per heavy atom. The number of anilines is 1. The standard InChI is InChI=1S/C23H23N3O/c1-16(2)18-10-12-19(13-11-18)25-22-21-20(9-6-14-24-21)23(27)26(22)15-17-7-4-3-5-8-17/h3-14,16,22,25H,15H2,1-2H3. The highest BCUT2D eigenvalue weighted by molar-refractivity contribution is 5.98. The molecule has 2 heterocycles. The van der Waals surface area contributed by atoms with Crippen molar-refractivity contribution < 1.29 is 4.79 Å². The van der Waals surface area contributed by atoms with E-state index >= 15 is 0 Å². The van der Waals surface area contributed by atoms with Crippen LogP contribution >= 0.6 is 0 Å². The van der Waals surface area contributed by atoms with Gasteiger partial charge < -0.3 is 10.2 Å². The highest BCUT2D eigenvalue weighted by atomic mass is 16.2. The molecule has 1 N–H and O–H groups in total. The zero-order chi connectivity index (χ0) is 18.8. The molecule has 1 unspecified atom stereocenters. The van der Waals surface area contributed by atoms with Crippen LogP contribution < -0.4 is 5.32 Å². The summed E-state index contributed by atoms with van der Waals surface area (Å²) in [5.41, 5.74) is 4.83. The smallest absolute Gasteiger partial charge is 0.258 e. The summed E-state index contributed by atoms with van der Waals surface area (Å²) in [6.45, 7) is 4.90. The van der Waals surface area contributed by atoms with Crippen LogP contribution in [0.5, 0.6) is 0 Å². The van der Waals surface area contributed by atoms with E-state index in [9.17, 15) is 4.79 Å². The molecule has 1 aliphatic heterocycles. The molecule has 1 aromatic heterocycles. The van der Waals surface area contributed by atoms with Gasteiger partial charge in [-0.2, -0.15) is 0 Å². The van der Waals surface area contributed by atoms with Crippen LogP contribution in [0.2, 0.25) is 0 Å². The van der Waals surface area contributed by atoms with Crippen molar-refractivity contribution in [2.45, 2.75) is 32.5 Å². The van der Waals surface area contributed by atoms with Gasteiger partial charge in [-0.05, 0) is 41.3 Å². The van der Waals surface area contributed by atoms with Crippen molar-refractivity contribution in [3.05, 3.63) is 95.3 Å². The normalized spacial score (nSPS) is 15.9. The summed E-state index contributed by atoms with van der Waals surface area (Å²) in [6.07, 6.45) is 1.47. The summed E-state index contributed by atoms with van der Waals surface area (Å²) < 4.78 is 0. The predicted octanol–water partition coefficient (Wildman–Crippen LogP) is 4.97. The lowest BCUT2D eigenvalue weighted by Gasteiger charge is -2.26. The third kappa shape index (κ3) is 3.43. The molecule has 4 rings (SSSR count). The van der Waals surface area contributed by atoms with Crippen LogP contribution in [0, 0.1) is 0 Å². The number of pyridine rings is 1. The van der Waals surface area contributed by atoms with Gasteiger partial charge in [0.2, 0.25) is 0 Å². The number of carbonyl (C=O) groups is 1. The van der Waals surface area contributed by atoms with Gasteiger partial charge in [0.05, 0.1) is 11.3 Å². The van der Waals surface area contributed by atoms with Gasteiger partial charge in [-0.15, -0.1) is 0 Å². The van der Waals surface area contributed by atoms with Gasteiger partial charge >= 0.3 is 0 Å². The van der Waals surface area contributed by atoms with Gasteiger partial charge in [-0.25, -0.2) is 0 Å². The largest absolute Gasteiger partial charge is 0.360 e. The maximum absolute atomic E-state index is 13.0. The second-order valence-electron chi connectivity index (χ2n) is 7.18. The minimum Gasteiger partial charge on any atom is -0.360 e. The highest BCUT2D eigenvalue weighted by Gasteiger charge is 2.37. The number of carbonyl (C=O) groups excluding carboxylic acids is 1. The van der Waals surface area contributed by atoms with Crippen LogP contribution in [0.1, 0.15) is 53.1 Å². The molecule has 4 nitrogen and oxygen atoms in total. The molecule has 4 heteroatoms. The summed E-state index contributed by atoms with van der Waals surface area (Å²) in [6, 6.07) is 22.1. The molecule has 1 atom stereocenters. The van der Waals surface area contributed by atoms with Crippen molar-refractivity contribution in [2.24, 2.45) is 0 Å². The number of rotatable bonds is 5. The van der Waals surface area contributed by atoms with E-state index in [1.165, 1.54) is 5.56 Å². The molecule has 0 saturated carbocycles. The zero-order valence-electron chi connectivity index (χ0n) is 15.6. The number of amides is 1. The summed E-state index contributed by atoms with van der Waals surface area (Å²) in [5, 5.41) is 3.51. The van der Waals surface area contributed by atoms with Gasteiger partial charge in [0.1, 0.15) is 6.17 Å². The Hall–Kier alpha value is -3.14. The van der Waals surface area contributed by atoms with Crippen LogP contribution in [0.15, 0.2) is 72.9 Å². The zero-order valence-corrected chi connectivity index (χ0v) is 15.6. The van der Waals surface area contributed by atoms with E-state index in [1.54, 1.807) is 6.20 Å². The first-order valence-corrected chi connectivity index (χ1v) is 9.30. The molecular weight excluding hydrogens is 334 g/mol. The molecule has 0 spiro atoms. The second kappa shape index (κ2) is 7.23. The third-order valence-electron chi connectivity index (χ3n) is 4.98. The minimum absolute atomic E-state index is 0.0123. The molecule has 0 fully saturated rings. The lowest BCUT2D eigenvalue weighted by Crippen LogP contribution is -2.32. The molecule has 2 aromatic carbocycles. The van der Waals surface area contributed by atoms with E-state index in [0.717, 1.165) is 16.9 Å². The second-order valence-corrected chi connectivity index (χ2v) is 7.18. The number of hydrogen-bond donors (Lipinski definition) is 1. The van der Waals surface area contributed by atoms with Gasteiger partial charge in [0, 0.05) is 18.4 Å². The lowest BCUT2D eigenvalue weighted by atomic mass is 10.0. The summed E-state index contributed by atoms with van der Waals surface area (Å²) >= 11 is 0. The van der Waals surface area contributed by atoms with Crippen LogP contribution in [0.25, 0.3) is 0 Å². The van der Waals surface area contributed by atoms with E-state index < -0.39 is 0 Å². The fraction of sp³-hybridized carbons (Fsp3) is 0.217. The Kier molecular flexibility index (Phi) is 4.63. The van der Waals surface area contributed by atoms with Crippen molar-refractivity contribution in [3.8, 4) is 0 Å². The van der Waals surface area contributed by atoms with Gasteiger partial charge in [-0.1, -0.05) is 56.3 Å². The number of nitrogens with zero attached hydrogens (tertiary/aromatic N) is 2. The first-order valence-electron chi connectivity index (χ1n) is 9.30. The van der Waals surface area contributed by atoms with E-state index in [0.29, 0.717) is 18.0 Å². The first-order chi connectivity index (χ1) is 13.1. The summed E-state index contributed by atoms with van der Waals surface area (Å²) in [7, 11) is 0. The molecule has 3 aromatic rings. The lowest BCUT2D eigenvalue weighted by molar-refractivity contribution is 0.0728. The molecule has 0 saturated heterocycles. The molecule has 136 valence electrons. The maximum Gasteiger partial charge on any atom is 0.258 e. The van der Waals surface area contributed by atoms with Crippen LogP contribution in [-0.2, 0) is 6.54 Å². The molecule has 1 aliphatic rings. The number of benzene rings is 2. The Balaban J connectivity index is 1.64. The summed E-state index contributed by atoms with van der Waals surface area (Å²) in [5.74, 6) is 0.502. The molecule has 1 amide bonds.